The SMILES string of the molecule is COC(=O)C1CCN(Cc2ccc(-c3cnc(-c4ccc(OC(C)C)c(Cl)c4)[se]3)cc2)C1. The summed E-state index contributed by atoms with van der Waals surface area (Å²) >= 11 is 6.53. The van der Waals surface area contributed by atoms with Gasteiger partial charge in [-0.25, -0.2) is 0 Å². The van der Waals surface area contributed by atoms with Crippen LogP contribution in [0.25, 0.3) is 20.1 Å². The van der Waals surface area contributed by atoms with Gasteiger partial charge in [0.05, 0.1) is 0 Å². The normalized spacial score (nSPS) is 16.5. The van der Waals surface area contributed by atoms with E-state index in [9.17, 15) is 4.79 Å². The van der Waals surface area contributed by atoms with Crippen molar-refractivity contribution in [3.05, 3.63) is 59.2 Å². The van der Waals surface area contributed by atoms with Crippen LogP contribution in [0.1, 0.15) is 25.8 Å². The fraction of sp³-hybridized carbons (Fsp3) is 0.360. The molecule has 1 unspecified atom stereocenters. The van der Waals surface area contributed by atoms with E-state index in [4.69, 9.17) is 21.1 Å². The zero-order valence-electron chi connectivity index (χ0n) is 18.5. The zero-order chi connectivity index (χ0) is 22.7. The third-order valence-electron chi connectivity index (χ3n) is 5.50. The Morgan fingerprint density at radius 2 is 1.97 bits per heavy atom. The number of benzene rings is 2. The van der Waals surface area contributed by atoms with Crippen molar-refractivity contribution in [1.29, 1.82) is 0 Å². The first-order valence-corrected chi connectivity index (χ1v) is 12.8. The van der Waals surface area contributed by atoms with Crippen LogP contribution in [0.15, 0.2) is 48.7 Å². The number of ether oxygens (including phenoxy) is 2. The van der Waals surface area contributed by atoms with E-state index in [2.05, 4.69) is 34.1 Å². The molecule has 168 valence electrons. The van der Waals surface area contributed by atoms with E-state index >= 15 is 0 Å². The minimum absolute atomic E-state index is 0.000641. The van der Waals surface area contributed by atoms with Crippen LogP contribution in [0.4, 0.5) is 0 Å². The Morgan fingerprint density at radius 3 is 2.66 bits per heavy atom. The Kier molecular flexibility index (Phi) is 7.37. The van der Waals surface area contributed by atoms with E-state index in [-0.39, 0.29) is 32.5 Å². The van der Waals surface area contributed by atoms with Gasteiger partial charge >= 0.3 is 200 Å². The first-order chi connectivity index (χ1) is 15.4. The number of carbonyl (C=O) groups is 1. The third kappa shape index (κ3) is 5.44. The predicted molar refractivity (Wildman–Crippen MR) is 128 cm³/mol. The van der Waals surface area contributed by atoms with Gasteiger partial charge in [0.2, 0.25) is 0 Å². The van der Waals surface area contributed by atoms with Crippen molar-refractivity contribution in [2.24, 2.45) is 5.92 Å². The average molecular weight is 518 g/mol. The molecule has 1 saturated heterocycles. The molecule has 1 aliphatic rings. The van der Waals surface area contributed by atoms with Crippen LogP contribution in [0, 0.1) is 5.92 Å². The second kappa shape index (κ2) is 10.2. The van der Waals surface area contributed by atoms with Crippen LogP contribution in [0.3, 0.4) is 0 Å². The molecule has 0 N–H and O–H groups in total. The van der Waals surface area contributed by atoms with E-state index in [0.29, 0.717) is 10.8 Å². The van der Waals surface area contributed by atoms with Crippen LogP contribution >= 0.6 is 11.6 Å². The van der Waals surface area contributed by atoms with E-state index in [1.54, 1.807) is 0 Å². The number of likely N-dealkylation sites (tertiary alicyclic amines) is 1. The molecule has 0 spiro atoms. The van der Waals surface area contributed by atoms with Crippen molar-refractivity contribution in [3.8, 4) is 25.9 Å². The Balaban J connectivity index is 1.41. The number of esters is 1. The number of hydrogen-bond acceptors (Lipinski definition) is 5. The quantitative estimate of drug-likeness (QED) is 0.329. The molecule has 4 rings (SSSR count). The van der Waals surface area contributed by atoms with Crippen molar-refractivity contribution in [2.75, 3.05) is 20.2 Å². The third-order valence-corrected chi connectivity index (χ3v) is 8.09. The Hall–Kier alpha value is -2.11. The van der Waals surface area contributed by atoms with Crippen molar-refractivity contribution >= 4 is 32.1 Å². The molecule has 7 heteroatoms. The summed E-state index contributed by atoms with van der Waals surface area (Å²) < 4.78 is 12.9. The molecule has 1 aliphatic heterocycles. The van der Waals surface area contributed by atoms with Gasteiger partial charge in [-0.1, -0.05) is 0 Å². The van der Waals surface area contributed by atoms with Gasteiger partial charge in [-0.05, 0) is 0 Å². The summed E-state index contributed by atoms with van der Waals surface area (Å²) in [4.78, 5) is 18.7. The summed E-state index contributed by atoms with van der Waals surface area (Å²) in [5, 5.41) is 0.615. The van der Waals surface area contributed by atoms with E-state index in [1.165, 1.54) is 22.7 Å². The van der Waals surface area contributed by atoms with Gasteiger partial charge in [0, 0.05) is 0 Å². The molecule has 1 aromatic heterocycles. The van der Waals surface area contributed by atoms with Crippen molar-refractivity contribution in [3.63, 3.8) is 0 Å². The maximum absolute atomic E-state index is 11.7. The Morgan fingerprint density at radius 1 is 1.22 bits per heavy atom. The van der Waals surface area contributed by atoms with Crippen molar-refractivity contribution in [1.82, 2.24) is 9.88 Å². The molecule has 0 amide bonds. The number of hydrogen-bond donors (Lipinski definition) is 0. The van der Waals surface area contributed by atoms with Gasteiger partial charge in [0.15, 0.2) is 0 Å². The molecule has 0 bridgehead atoms. The van der Waals surface area contributed by atoms with Crippen molar-refractivity contribution < 1.29 is 14.3 Å². The van der Waals surface area contributed by atoms with Gasteiger partial charge in [-0.15, -0.1) is 0 Å². The van der Waals surface area contributed by atoms with Crippen LogP contribution in [0.5, 0.6) is 5.75 Å². The topological polar surface area (TPSA) is 51.7 Å². The fourth-order valence-electron chi connectivity index (χ4n) is 3.89. The minimum atomic E-state index is -0.0996. The van der Waals surface area contributed by atoms with E-state index in [1.807, 2.05) is 38.2 Å². The van der Waals surface area contributed by atoms with E-state index < -0.39 is 0 Å². The summed E-state index contributed by atoms with van der Waals surface area (Å²) in [5.41, 5.74) is 3.49. The summed E-state index contributed by atoms with van der Waals surface area (Å²) in [6.45, 7) is 6.52. The number of methoxy groups -OCH3 is 1. The average Bonchev–Trinajstić information content (AvgIpc) is 3.45. The molecule has 1 atom stereocenters. The molecule has 0 aliphatic carbocycles. The van der Waals surface area contributed by atoms with E-state index in [0.717, 1.165) is 36.2 Å². The van der Waals surface area contributed by atoms with Crippen LogP contribution in [0.2, 0.25) is 5.02 Å². The Labute approximate surface area is 200 Å². The van der Waals surface area contributed by atoms with Gasteiger partial charge in [0.1, 0.15) is 0 Å². The van der Waals surface area contributed by atoms with Gasteiger partial charge in [-0.3, -0.25) is 0 Å². The summed E-state index contributed by atoms with van der Waals surface area (Å²) in [5.74, 6) is 0.606. The maximum atomic E-state index is 11.7. The molecular formula is C25H27ClN2O3Se. The fourth-order valence-corrected chi connectivity index (χ4v) is 6.04. The van der Waals surface area contributed by atoms with Crippen molar-refractivity contribution in [2.45, 2.75) is 32.9 Å². The first-order valence-electron chi connectivity index (χ1n) is 10.7. The molecular weight excluding hydrogens is 491 g/mol. The molecule has 1 fully saturated rings. The van der Waals surface area contributed by atoms with Crippen LogP contribution in [-0.4, -0.2) is 56.7 Å². The van der Waals surface area contributed by atoms with Gasteiger partial charge in [0.25, 0.3) is 0 Å². The standard InChI is InChI=1S/C25H27ClN2O3Se/c1-16(2)31-22-9-8-19(12-21(22)26)24-27-13-23(32-24)18-6-4-17(5-7-18)14-28-11-10-20(15-28)25(29)30-3/h4-9,12-13,16,20H,10-11,14-15H2,1-3H3. The van der Waals surface area contributed by atoms with Crippen LogP contribution < -0.4 is 4.74 Å². The summed E-state index contributed by atoms with van der Waals surface area (Å²) in [6.07, 6.45) is 2.93. The van der Waals surface area contributed by atoms with Crippen LogP contribution in [-0.2, 0) is 16.1 Å². The zero-order valence-corrected chi connectivity index (χ0v) is 21.0. The first kappa shape index (κ1) is 23.1. The Bertz CT molecular complexity index is 1080. The van der Waals surface area contributed by atoms with Gasteiger partial charge < -0.3 is 0 Å². The summed E-state index contributed by atoms with van der Waals surface area (Å²) in [7, 11) is 1.46. The molecule has 2 aromatic carbocycles. The summed E-state index contributed by atoms with van der Waals surface area (Å²) in [6, 6.07) is 14.6. The van der Waals surface area contributed by atoms with Gasteiger partial charge in [-0.2, -0.15) is 0 Å². The molecule has 0 saturated carbocycles. The molecule has 32 heavy (non-hydrogen) atoms. The number of aromatic nitrogens is 1. The molecule has 3 aromatic rings. The second-order valence-electron chi connectivity index (χ2n) is 8.28. The number of nitrogens with zero attached hydrogens (tertiary/aromatic N) is 2. The molecule has 2 heterocycles. The number of halogens is 1. The molecule has 0 radical (unpaired) electrons. The monoisotopic (exact) mass is 518 g/mol. The second-order valence-corrected chi connectivity index (χ2v) is 10.9. The number of carbonyl (C=O) groups excluding carboxylic acids is 1. The molecule has 5 nitrogen and oxygen atoms in total. The predicted octanol–water partition coefficient (Wildman–Crippen LogP) is 4.91. The number of rotatable bonds is 7.